The number of benzene rings is 1. The van der Waals surface area contributed by atoms with Gasteiger partial charge in [-0.1, -0.05) is 42.0 Å². The van der Waals surface area contributed by atoms with Crippen LogP contribution in [0.5, 0.6) is 0 Å². The number of nitrogens with one attached hydrogen (secondary N) is 1. The van der Waals surface area contributed by atoms with Crippen LogP contribution in [0.25, 0.3) is 6.08 Å². The van der Waals surface area contributed by atoms with E-state index in [-0.39, 0.29) is 29.9 Å². The summed E-state index contributed by atoms with van der Waals surface area (Å²) in [6.45, 7) is 7.31. The Morgan fingerprint density at radius 1 is 1.07 bits per heavy atom. The van der Waals surface area contributed by atoms with Crippen molar-refractivity contribution in [2.75, 3.05) is 39.3 Å². The summed E-state index contributed by atoms with van der Waals surface area (Å²) < 4.78 is 0. The van der Waals surface area contributed by atoms with Crippen LogP contribution in [0.4, 0.5) is 0 Å². The normalized spacial score (nSPS) is 17.3. The number of carbonyl (C=O) groups excluding carboxylic acids is 1. The van der Waals surface area contributed by atoms with Crippen molar-refractivity contribution in [1.82, 2.24) is 15.1 Å². The molecule has 0 radical (unpaired) electrons. The van der Waals surface area contributed by atoms with Crippen molar-refractivity contribution < 1.29 is 4.79 Å². The Morgan fingerprint density at radius 2 is 1.75 bits per heavy atom. The molecule has 154 valence electrons. The molecule has 0 aliphatic carbocycles. The summed E-state index contributed by atoms with van der Waals surface area (Å²) in [4.78, 5) is 21.2. The van der Waals surface area contributed by atoms with Gasteiger partial charge in [-0.2, -0.15) is 0 Å². The molecule has 0 spiro atoms. The highest BCUT2D eigenvalue weighted by atomic mass is 127. The molecule has 1 amide bonds. The molecule has 1 N–H and O–H groups in total. The molecule has 2 aliphatic rings. The molecule has 0 unspecified atom stereocenters. The zero-order chi connectivity index (χ0) is 18.9. The molecule has 5 nitrogen and oxygen atoms in total. The second-order valence-corrected chi connectivity index (χ2v) is 7.27. The first-order chi connectivity index (χ1) is 13.3. The molecule has 0 atom stereocenters. The lowest BCUT2D eigenvalue weighted by atomic mass is 10.0. The van der Waals surface area contributed by atoms with E-state index in [1.54, 1.807) is 0 Å². The van der Waals surface area contributed by atoms with Gasteiger partial charge in [-0.05, 0) is 38.2 Å². The number of carbonyl (C=O) groups is 1. The second kappa shape index (κ2) is 12.1. The Hall–Kier alpha value is -1.57. The molecule has 1 aromatic rings. The minimum Gasteiger partial charge on any atom is -0.357 e. The van der Waals surface area contributed by atoms with E-state index in [2.05, 4.69) is 53.5 Å². The third-order valence-electron chi connectivity index (χ3n) is 5.26. The fourth-order valence-electron chi connectivity index (χ4n) is 3.74. The number of aliphatic imine (C=N–C) groups is 1. The van der Waals surface area contributed by atoms with Crippen LogP contribution in [0.2, 0.25) is 0 Å². The maximum absolute atomic E-state index is 12.2. The minimum atomic E-state index is 0. The van der Waals surface area contributed by atoms with Gasteiger partial charge in [0.2, 0.25) is 5.91 Å². The molecule has 0 bridgehead atoms. The number of halogens is 1. The average molecular weight is 496 g/mol. The Morgan fingerprint density at radius 3 is 2.39 bits per heavy atom. The van der Waals surface area contributed by atoms with Gasteiger partial charge in [-0.3, -0.25) is 9.79 Å². The first kappa shape index (κ1) is 22.7. The van der Waals surface area contributed by atoms with Crippen LogP contribution >= 0.6 is 24.0 Å². The van der Waals surface area contributed by atoms with Gasteiger partial charge in [0.15, 0.2) is 5.96 Å². The molecule has 2 heterocycles. The fraction of sp³-hybridized carbons (Fsp3) is 0.545. The van der Waals surface area contributed by atoms with Crippen LogP contribution < -0.4 is 5.32 Å². The Kier molecular flexibility index (Phi) is 9.81. The molecule has 6 heteroatoms. The summed E-state index contributed by atoms with van der Waals surface area (Å²) in [7, 11) is 0. The summed E-state index contributed by atoms with van der Waals surface area (Å²) in [5.74, 6) is 1.20. The lowest BCUT2D eigenvalue weighted by Crippen LogP contribution is -2.44. The molecular weight excluding hydrogens is 463 g/mol. The zero-order valence-electron chi connectivity index (χ0n) is 16.9. The molecule has 0 saturated carbocycles. The number of hydrogen-bond acceptors (Lipinski definition) is 2. The molecular formula is C22H33IN4O. The molecule has 2 saturated heterocycles. The van der Waals surface area contributed by atoms with Crippen molar-refractivity contribution in [3.8, 4) is 0 Å². The SMILES string of the molecule is CCNC(=NCCC(=O)N1CCCC1)N1CCC(=Cc2ccccc2)CC1.I. The van der Waals surface area contributed by atoms with Crippen LogP contribution in [0.1, 0.15) is 44.6 Å². The number of amides is 1. The van der Waals surface area contributed by atoms with Crippen molar-refractivity contribution in [1.29, 1.82) is 0 Å². The Labute approximate surface area is 186 Å². The van der Waals surface area contributed by atoms with Gasteiger partial charge < -0.3 is 15.1 Å². The number of likely N-dealkylation sites (tertiary alicyclic amines) is 2. The van der Waals surface area contributed by atoms with Gasteiger partial charge in [-0.15, -0.1) is 24.0 Å². The van der Waals surface area contributed by atoms with Crippen molar-refractivity contribution in [3.05, 3.63) is 41.5 Å². The van der Waals surface area contributed by atoms with Crippen LogP contribution in [-0.2, 0) is 4.79 Å². The highest BCUT2D eigenvalue weighted by Gasteiger charge is 2.19. The van der Waals surface area contributed by atoms with E-state index < -0.39 is 0 Å². The Balaban J connectivity index is 0.00000280. The predicted molar refractivity (Wildman–Crippen MR) is 127 cm³/mol. The van der Waals surface area contributed by atoms with Crippen molar-refractivity contribution in [2.45, 2.75) is 39.0 Å². The van der Waals surface area contributed by atoms with Gasteiger partial charge in [0.1, 0.15) is 0 Å². The van der Waals surface area contributed by atoms with Gasteiger partial charge in [-0.25, -0.2) is 0 Å². The van der Waals surface area contributed by atoms with Crippen molar-refractivity contribution in [2.24, 2.45) is 4.99 Å². The lowest BCUT2D eigenvalue weighted by Gasteiger charge is -2.31. The number of guanidine groups is 1. The van der Waals surface area contributed by atoms with E-state index in [0.717, 1.165) is 64.4 Å². The quantitative estimate of drug-likeness (QED) is 0.384. The first-order valence-corrected chi connectivity index (χ1v) is 10.3. The number of rotatable bonds is 5. The lowest BCUT2D eigenvalue weighted by molar-refractivity contribution is -0.129. The predicted octanol–water partition coefficient (Wildman–Crippen LogP) is 3.76. The van der Waals surface area contributed by atoms with Gasteiger partial charge in [0, 0.05) is 39.1 Å². The second-order valence-electron chi connectivity index (χ2n) is 7.27. The van der Waals surface area contributed by atoms with Crippen LogP contribution in [0.15, 0.2) is 40.9 Å². The average Bonchev–Trinajstić information content (AvgIpc) is 3.24. The van der Waals surface area contributed by atoms with E-state index >= 15 is 0 Å². The summed E-state index contributed by atoms with van der Waals surface area (Å²) in [6.07, 6.45) is 7.24. The number of hydrogen-bond donors (Lipinski definition) is 1. The molecule has 0 aromatic heterocycles. The van der Waals surface area contributed by atoms with E-state index in [0.29, 0.717) is 13.0 Å². The Bertz CT molecular complexity index is 658. The molecule has 2 fully saturated rings. The molecule has 28 heavy (non-hydrogen) atoms. The van der Waals surface area contributed by atoms with Gasteiger partial charge in [0.25, 0.3) is 0 Å². The summed E-state index contributed by atoms with van der Waals surface area (Å²) in [5.41, 5.74) is 2.78. The standard InChI is InChI=1S/C22H32N4O.HI/c1-2-23-22(24-13-10-21(27)25-14-6-7-15-25)26-16-11-20(12-17-26)18-19-8-4-3-5-9-19;/h3-5,8-9,18H,2,6-7,10-17H2,1H3,(H,23,24);1H. The highest BCUT2D eigenvalue weighted by Crippen LogP contribution is 2.19. The topological polar surface area (TPSA) is 47.9 Å². The molecule has 2 aliphatic heterocycles. The number of nitrogens with zero attached hydrogens (tertiary/aromatic N) is 3. The van der Waals surface area contributed by atoms with Crippen LogP contribution in [0, 0.1) is 0 Å². The van der Waals surface area contributed by atoms with Gasteiger partial charge in [0.05, 0.1) is 6.54 Å². The maximum atomic E-state index is 12.2. The van der Waals surface area contributed by atoms with E-state index in [1.165, 1.54) is 11.1 Å². The van der Waals surface area contributed by atoms with Crippen LogP contribution in [-0.4, -0.2) is 60.9 Å². The van der Waals surface area contributed by atoms with Crippen molar-refractivity contribution in [3.63, 3.8) is 0 Å². The third-order valence-corrected chi connectivity index (χ3v) is 5.26. The summed E-state index contributed by atoms with van der Waals surface area (Å²) >= 11 is 0. The number of piperidine rings is 1. The fourth-order valence-corrected chi connectivity index (χ4v) is 3.74. The summed E-state index contributed by atoms with van der Waals surface area (Å²) in [6, 6.07) is 10.5. The van der Waals surface area contributed by atoms with Gasteiger partial charge >= 0.3 is 0 Å². The largest absolute Gasteiger partial charge is 0.357 e. The maximum Gasteiger partial charge on any atom is 0.224 e. The molecule has 1 aromatic carbocycles. The first-order valence-electron chi connectivity index (χ1n) is 10.3. The summed E-state index contributed by atoms with van der Waals surface area (Å²) in [5, 5.41) is 3.39. The monoisotopic (exact) mass is 496 g/mol. The van der Waals surface area contributed by atoms with E-state index in [4.69, 9.17) is 4.99 Å². The highest BCUT2D eigenvalue weighted by molar-refractivity contribution is 14.0. The third kappa shape index (κ3) is 6.79. The zero-order valence-corrected chi connectivity index (χ0v) is 19.2. The minimum absolute atomic E-state index is 0. The van der Waals surface area contributed by atoms with E-state index in [1.807, 2.05) is 4.90 Å². The van der Waals surface area contributed by atoms with E-state index in [9.17, 15) is 4.79 Å². The van der Waals surface area contributed by atoms with Crippen LogP contribution in [0.3, 0.4) is 0 Å². The smallest absolute Gasteiger partial charge is 0.224 e. The molecule has 3 rings (SSSR count). The van der Waals surface area contributed by atoms with Crippen molar-refractivity contribution >= 4 is 41.9 Å².